The monoisotopic (exact) mass is 448 g/mol. The second-order valence-electron chi connectivity index (χ2n) is 9.00. The fraction of sp³-hybridized carbons (Fsp3) is 0.600. The SMILES string of the molecule is CCN1CCC[C@@H]1CNc1nc(NC2CCCCCC2)nc(N(CC#N)c2ccccc2)n1. The Bertz CT molecular complexity index is 904. The van der Waals surface area contributed by atoms with Crippen LogP contribution < -0.4 is 15.5 Å². The average molecular weight is 449 g/mol. The Kier molecular flexibility index (Phi) is 8.31. The van der Waals surface area contributed by atoms with Crippen LogP contribution in [0.3, 0.4) is 0 Å². The number of likely N-dealkylation sites (N-methyl/N-ethyl adjacent to an activating group) is 1. The average Bonchev–Trinajstić information content (AvgIpc) is 3.16. The van der Waals surface area contributed by atoms with Gasteiger partial charge in [0.25, 0.3) is 0 Å². The van der Waals surface area contributed by atoms with Crippen LogP contribution in [0.2, 0.25) is 0 Å². The van der Waals surface area contributed by atoms with Gasteiger partial charge in [0.2, 0.25) is 17.8 Å². The molecule has 8 nitrogen and oxygen atoms in total. The number of hydrogen-bond acceptors (Lipinski definition) is 8. The zero-order valence-electron chi connectivity index (χ0n) is 19.7. The smallest absolute Gasteiger partial charge is 0.237 e. The standard InChI is InChI=1S/C25H36N8/c1-2-32-17-10-15-22(32)19-27-23-29-24(28-20-11-6-3-4-7-12-20)31-25(30-23)33(18-16-26)21-13-8-5-9-14-21/h5,8-9,13-14,20,22H,2-4,6-7,10-12,15,17-19H2,1H3,(H2,27,28,29,30,31)/t22-/m1/s1. The Morgan fingerprint density at radius 3 is 2.48 bits per heavy atom. The van der Waals surface area contributed by atoms with E-state index in [2.05, 4.69) is 28.5 Å². The van der Waals surface area contributed by atoms with E-state index in [1.807, 2.05) is 35.2 Å². The highest BCUT2D eigenvalue weighted by atomic mass is 15.3. The molecule has 1 saturated carbocycles. The van der Waals surface area contributed by atoms with Gasteiger partial charge >= 0.3 is 0 Å². The number of nitrogens with zero attached hydrogens (tertiary/aromatic N) is 6. The molecule has 2 aliphatic rings. The van der Waals surface area contributed by atoms with E-state index >= 15 is 0 Å². The molecule has 33 heavy (non-hydrogen) atoms. The first-order valence-corrected chi connectivity index (χ1v) is 12.5. The van der Waals surface area contributed by atoms with Crippen molar-refractivity contribution in [3.05, 3.63) is 30.3 Å². The molecule has 8 heteroatoms. The van der Waals surface area contributed by atoms with E-state index in [1.165, 1.54) is 38.5 Å². The second kappa shape index (κ2) is 11.8. The molecule has 2 N–H and O–H groups in total. The highest BCUT2D eigenvalue weighted by Crippen LogP contribution is 2.25. The van der Waals surface area contributed by atoms with Gasteiger partial charge in [0.15, 0.2) is 0 Å². The minimum Gasteiger partial charge on any atom is -0.352 e. The quantitative estimate of drug-likeness (QED) is 0.426. The highest BCUT2D eigenvalue weighted by molar-refractivity contribution is 5.60. The molecule has 4 rings (SSSR count). The van der Waals surface area contributed by atoms with Crippen LogP contribution in [0.4, 0.5) is 23.5 Å². The van der Waals surface area contributed by atoms with E-state index in [1.54, 1.807) is 0 Å². The summed E-state index contributed by atoms with van der Waals surface area (Å²) >= 11 is 0. The van der Waals surface area contributed by atoms with Crippen molar-refractivity contribution in [3.8, 4) is 6.07 Å². The molecule has 1 aliphatic carbocycles. The molecule has 1 aromatic heterocycles. The van der Waals surface area contributed by atoms with Crippen molar-refractivity contribution in [1.29, 1.82) is 5.26 Å². The van der Waals surface area contributed by atoms with Crippen LogP contribution >= 0.6 is 0 Å². The molecule has 0 radical (unpaired) electrons. The van der Waals surface area contributed by atoms with Crippen molar-refractivity contribution in [2.45, 2.75) is 70.4 Å². The van der Waals surface area contributed by atoms with Gasteiger partial charge in [0.05, 0.1) is 6.07 Å². The second-order valence-corrected chi connectivity index (χ2v) is 9.00. The summed E-state index contributed by atoms with van der Waals surface area (Å²) in [5.41, 5.74) is 0.893. The summed E-state index contributed by atoms with van der Waals surface area (Å²) in [4.78, 5) is 18.6. The summed E-state index contributed by atoms with van der Waals surface area (Å²) in [6, 6.07) is 13.0. The van der Waals surface area contributed by atoms with E-state index in [0.717, 1.165) is 38.2 Å². The van der Waals surface area contributed by atoms with Crippen LogP contribution in [0.15, 0.2) is 30.3 Å². The van der Waals surface area contributed by atoms with Crippen molar-refractivity contribution in [2.24, 2.45) is 0 Å². The predicted molar refractivity (Wildman–Crippen MR) is 133 cm³/mol. The number of aromatic nitrogens is 3. The lowest BCUT2D eigenvalue weighted by Crippen LogP contribution is -2.35. The Hall–Kier alpha value is -2.92. The van der Waals surface area contributed by atoms with Crippen LogP contribution in [-0.4, -0.2) is 58.1 Å². The molecule has 2 heterocycles. The Morgan fingerprint density at radius 2 is 1.76 bits per heavy atom. The van der Waals surface area contributed by atoms with Gasteiger partial charge < -0.3 is 10.6 Å². The molecule has 0 amide bonds. The molecule has 0 bridgehead atoms. The maximum absolute atomic E-state index is 9.49. The van der Waals surface area contributed by atoms with E-state index in [0.29, 0.717) is 29.9 Å². The van der Waals surface area contributed by atoms with Gasteiger partial charge in [-0.05, 0) is 50.9 Å². The van der Waals surface area contributed by atoms with Gasteiger partial charge in [-0.3, -0.25) is 9.80 Å². The van der Waals surface area contributed by atoms with Crippen LogP contribution in [-0.2, 0) is 0 Å². The zero-order chi connectivity index (χ0) is 22.9. The molecule has 0 spiro atoms. The van der Waals surface area contributed by atoms with Crippen LogP contribution in [0.5, 0.6) is 0 Å². The van der Waals surface area contributed by atoms with Crippen LogP contribution in [0, 0.1) is 11.3 Å². The highest BCUT2D eigenvalue weighted by Gasteiger charge is 2.24. The van der Waals surface area contributed by atoms with Gasteiger partial charge in [0.1, 0.15) is 6.54 Å². The summed E-state index contributed by atoms with van der Waals surface area (Å²) in [5, 5.41) is 16.5. The Balaban J connectivity index is 1.59. The summed E-state index contributed by atoms with van der Waals surface area (Å²) in [7, 11) is 0. The molecule has 0 unspecified atom stereocenters. The lowest BCUT2D eigenvalue weighted by atomic mass is 10.1. The van der Waals surface area contributed by atoms with Crippen molar-refractivity contribution < 1.29 is 0 Å². The first-order valence-electron chi connectivity index (χ1n) is 12.5. The number of likely N-dealkylation sites (tertiary alicyclic amines) is 1. The summed E-state index contributed by atoms with van der Waals surface area (Å²) in [6.45, 7) is 5.41. The number of nitrogens with one attached hydrogen (secondary N) is 2. The third-order valence-corrected chi connectivity index (χ3v) is 6.75. The fourth-order valence-corrected chi connectivity index (χ4v) is 4.94. The third-order valence-electron chi connectivity index (χ3n) is 6.75. The summed E-state index contributed by atoms with van der Waals surface area (Å²) in [6.07, 6.45) is 9.77. The maximum atomic E-state index is 9.49. The van der Waals surface area contributed by atoms with E-state index < -0.39 is 0 Å². The third kappa shape index (κ3) is 6.32. The molecule has 1 atom stereocenters. The minimum absolute atomic E-state index is 0.169. The zero-order valence-corrected chi connectivity index (χ0v) is 19.7. The molecular weight excluding hydrogens is 412 g/mol. The van der Waals surface area contributed by atoms with Gasteiger partial charge in [-0.25, -0.2) is 0 Å². The molecule has 1 aliphatic heterocycles. The van der Waals surface area contributed by atoms with Gasteiger partial charge in [-0.15, -0.1) is 0 Å². The Labute approximate surface area is 197 Å². The van der Waals surface area contributed by atoms with E-state index in [4.69, 9.17) is 15.0 Å². The molecular formula is C25H36N8. The Morgan fingerprint density at radius 1 is 1.00 bits per heavy atom. The van der Waals surface area contributed by atoms with Crippen LogP contribution in [0.25, 0.3) is 0 Å². The molecule has 2 aromatic rings. The van der Waals surface area contributed by atoms with Crippen molar-refractivity contribution in [2.75, 3.05) is 41.7 Å². The van der Waals surface area contributed by atoms with Gasteiger partial charge in [0, 0.05) is 24.3 Å². The first kappa shape index (κ1) is 23.2. The van der Waals surface area contributed by atoms with Crippen LogP contribution in [0.1, 0.15) is 58.3 Å². The lowest BCUT2D eigenvalue weighted by Gasteiger charge is -2.24. The summed E-state index contributed by atoms with van der Waals surface area (Å²) in [5.74, 6) is 1.65. The number of rotatable bonds is 9. The lowest BCUT2D eigenvalue weighted by molar-refractivity contribution is 0.277. The first-order chi connectivity index (χ1) is 16.3. The van der Waals surface area contributed by atoms with Gasteiger partial charge in [-0.2, -0.15) is 20.2 Å². The maximum Gasteiger partial charge on any atom is 0.237 e. The van der Waals surface area contributed by atoms with E-state index in [-0.39, 0.29) is 6.54 Å². The minimum atomic E-state index is 0.169. The molecule has 1 aromatic carbocycles. The molecule has 176 valence electrons. The van der Waals surface area contributed by atoms with Crippen molar-refractivity contribution >= 4 is 23.5 Å². The molecule has 1 saturated heterocycles. The van der Waals surface area contributed by atoms with Gasteiger partial charge in [-0.1, -0.05) is 50.8 Å². The molecule has 2 fully saturated rings. The number of hydrogen-bond donors (Lipinski definition) is 2. The number of anilines is 4. The topological polar surface area (TPSA) is 93.0 Å². The number of nitriles is 1. The number of para-hydroxylation sites is 1. The fourth-order valence-electron chi connectivity index (χ4n) is 4.94. The predicted octanol–water partition coefficient (Wildman–Crippen LogP) is 4.56. The van der Waals surface area contributed by atoms with E-state index in [9.17, 15) is 5.26 Å². The number of benzene rings is 1. The normalized spacial score (nSPS) is 19.6. The largest absolute Gasteiger partial charge is 0.352 e. The summed E-state index contributed by atoms with van der Waals surface area (Å²) < 4.78 is 0. The van der Waals surface area contributed by atoms with Crippen molar-refractivity contribution in [3.63, 3.8) is 0 Å². The van der Waals surface area contributed by atoms with Crippen molar-refractivity contribution in [1.82, 2.24) is 19.9 Å².